The third kappa shape index (κ3) is 7.22. The van der Waals surface area contributed by atoms with E-state index >= 15 is 0 Å². The van der Waals surface area contributed by atoms with Crippen molar-refractivity contribution in [2.75, 3.05) is 5.43 Å². The van der Waals surface area contributed by atoms with Crippen molar-refractivity contribution in [3.8, 4) is 0 Å². The second-order valence-corrected chi connectivity index (χ2v) is 10.5. The third-order valence-electron chi connectivity index (χ3n) is 7.60. The minimum atomic E-state index is -0.883. The molecule has 2 N–H and O–H groups in total. The lowest BCUT2D eigenvalue weighted by molar-refractivity contribution is -0.393. The Balaban J connectivity index is 1.76. The lowest BCUT2D eigenvalue weighted by Crippen LogP contribution is -2.39. The second kappa shape index (κ2) is 12.1. The van der Waals surface area contributed by atoms with E-state index in [0.717, 1.165) is 31.0 Å². The number of hydrogen-bond donors (Lipinski definition) is 2. The van der Waals surface area contributed by atoms with Gasteiger partial charge in [0, 0.05) is 17.7 Å². The van der Waals surface area contributed by atoms with E-state index in [1.165, 1.54) is 44.2 Å². The molecular formula is C25H36N4O6. The Morgan fingerprint density at radius 1 is 1.20 bits per heavy atom. The van der Waals surface area contributed by atoms with Gasteiger partial charge in [-0.15, -0.1) is 0 Å². The quantitative estimate of drug-likeness (QED) is 0.208. The molecule has 35 heavy (non-hydrogen) atoms. The fourth-order valence-electron chi connectivity index (χ4n) is 5.87. The molecule has 0 amide bonds. The monoisotopic (exact) mass is 488 g/mol. The molecule has 2 fully saturated rings. The van der Waals surface area contributed by atoms with Crippen molar-refractivity contribution in [3.63, 3.8) is 0 Å². The Morgan fingerprint density at radius 2 is 1.97 bits per heavy atom. The first-order chi connectivity index (χ1) is 16.7. The highest BCUT2D eigenvalue weighted by atomic mass is 16.6. The predicted octanol–water partition coefficient (Wildman–Crippen LogP) is 6.40. The number of hydrogen-bond acceptors (Lipinski definition) is 7. The van der Waals surface area contributed by atoms with Crippen LogP contribution in [0.1, 0.15) is 78.1 Å². The number of nitro groups is 2. The largest absolute Gasteiger partial charge is 0.481 e. The van der Waals surface area contributed by atoms with Gasteiger partial charge in [0.15, 0.2) is 0 Å². The van der Waals surface area contributed by atoms with Gasteiger partial charge in [0.25, 0.3) is 5.69 Å². The molecule has 10 nitrogen and oxygen atoms in total. The van der Waals surface area contributed by atoms with Gasteiger partial charge in [0.1, 0.15) is 5.69 Å². The maximum Gasteiger partial charge on any atom is 0.304 e. The number of carboxylic acid groups (broad SMARTS) is 1. The molecule has 0 bridgehead atoms. The van der Waals surface area contributed by atoms with Crippen LogP contribution in [-0.4, -0.2) is 26.6 Å². The number of non-ortho nitro benzene ring substituents is 1. The minimum Gasteiger partial charge on any atom is -0.481 e. The molecule has 2 aliphatic carbocycles. The van der Waals surface area contributed by atoms with Crippen LogP contribution < -0.4 is 5.43 Å². The molecule has 1 aromatic carbocycles. The van der Waals surface area contributed by atoms with Gasteiger partial charge in [0.05, 0.1) is 22.3 Å². The predicted molar refractivity (Wildman–Crippen MR) is 133 cm³/mol. The van der Waals surface area contributed by atoms with E-state index in [2.05, 4.69) is 24.4 Å². The molecule has 0 saturated heterocycles. The van der Waals surface area contributed by atoms with Crippen molar-refractivity contribution in [2.24, 2.45) is 34.7 Å². The summed E-state index contributed by atoms with van der Waals surface area (Å²) in [7, 11) is 0. The van der Waals surface area contributed by atoms with Crippen molar-refractivity contribution in [1.29, 1.82) is 0 Å². The molecule has 4 atom stereocenters. The average molecular weight is 489 g/mol. The van der Waals surface area contributed by atoms with Crippen LogP contribution in [0.25, 0.3) is 0 Å². The second-order valence-electron chi connectivity index (χ2n) is 10.5. The van der Waals surface area contributed by atoms with E-state index in [-0.39, 0.29) is 23.7 Å². The Hall–Kier alpha value is -3.04. The normalized spacial score (nSPS) is 25.3. The van der Waals surface area contributed by atoms with Crippen LogP contribution in [0.2, 0.25) is 0 Å². The first-order valence-electron chi connectivity index (χ1n) is 12.6. The smallest absolute Gasteiger partial charge is 0.304 e. The van der Waals surface area contributed by atoms with Crippen LogP contribution in [0.3, 0.4) is 0 Å². The molecule has 1 aromatic rings. The number of nitro benzene ring substituents is 2. The van der Waals surface area contributed by atoms with Crippen LogP contribution >= 0.6 is 0 Å². The molecule has 0 heterocycles. The topological polar surface area (TPSA) is 148 Å². The van der Waals surface area contributed by atoms with E-state index in [9.17, 15) is 30.1 Å². The molecule has 0 aromatic heterocycles. The molecular weight excluding hydrogens is 452 g/mol. The highest BCUT2D eigenvalue weighted by molar-refractivity contribution is 5.91. The fourth-order valence-corrected chi connectivity index (χ4v) is 5.87. The molecule has 0 radical (unpaired) electrons. The number of carbonyl (C=O) groups is 1. The first kappa shape index (κ1) is 26.6. The minimum absolute atomic E-state index is 0.0217. The van der Waals surface area contributed by atoms with E-state index in [4.69, 9.17) is 0 Å². The summed E-state index contributed by atoms with van der Waals surface area (Å²) in [5.41, 5.74) is 2.69. The summed E-state index contributed by atoms with van der Waals surface area (Å²) >= 11 is 0. The van der Waals surface area contributed by atoms with Crippen molar-refractivity contribution in [2.45, 2.75) is 78.1 Å². The number of nitrogens with one attached hydrogen (secondary N) is 1. The van der Waals surface area contributed by atoms with Gasteiger partial charge in [-0.3, -0.25) is 30.4 Å². The number of aliphatic carboxylic acids is 1. The third-order valence-corrected chi connectivity index (χ3v) is 7.60. The van der Waals surface area contributed by atoms with Gasteiger partial charge in [-0.2, -0.15) is 5.10 Å². The van der Waals surface area contributed by atoms with Gasteiger partial charge in [-0.25, -0.2) is 0 Å². The van der Waals surface area contributed by atoms with Crippen LogP contribution in [0, 0.1) is 49.8 Å². The van der Waals surface area contributed by atoms with Gasteiger partial charge in [-0.05, 0) is 49.0 Å². The number of anilines is 1. The van der Waals surface area contributed by atoms with Crippen LogP contribution in [-0.2, 0) is 4.79 Å². The molecule has 0 aliphatic heterocycles. The zero-order chi connectivity index (χ0) is 25.5. The van der Waals surface area contributed by atoms with E-state index in [0.29, 0.717) is 30.1 Å². The summed E-state index contributed by atoms with van der Waals surface area (Å²) in [6, 6.07) is 3.36. The van der Waals surface area contributed by atoms with E-state index in [1.807, 2.05) is 0 Å². The molecule has 0 unspecified atom stereocenters. The van der Waals surface area contributed by atoms with Gasteiger partial charge < -0.3 is 5.11 Å². The van der Waals surface area contributed by atoms with E-state index in [1.54, 1.807) is 0 Å². The SMILES string of the molecule is CC(C)CCCC[C@H]1CCC[C@H]2C/C(=N\Nc3ccc([N+](=O)[O-])cc3[N+](=O)[O-])[C@@H](CC(=O)O)C[C@H]12. The lowest BCUT2D eigenvalue weighted by atomic mass is 9.61. The van der Waals surface area contributed by atoms with Crippen molar-refractivity contribution in [3.05, 3.63) is 38.4 Å². The fraction of sp³-hybridized carbons (Fsp3) is 0.680. The number of rotatable bonds is 11. The van der Waals surface area contributed by atoms with E-state index < -0.39 is 21.5 Å². The summed E-state index contributed by atoms with van der Waals surface area (Å²) in [5, 5.41) is 36.4. The molecule has 2 saturated carbocycles. The van der Waals surface area contributed by atoms with Gasteiger partial charge in [-0.1, -0.05) is 52.4 Å². The summed E-state index contributed by atoms with van der Waals surface area (Å²) in [4.78, 5) is 32.7. The highest BCUT2D eigenvalue weighted by Gasteiger charge is 2.41. The van der Waals surface area contributed by atoms with Crippen molar-refractivity contribution < 1.29 is 19.7 Å². The molecule has 0 spiro atoms. The standard InChI is InChI=1S/C25H36N4O6/c1-16(2)6-3-4-7-17-8-5-9-18-13-23(19(12-21(17)18)14-25(30)31)27-26-22-11-10-20(28(32)33)15-24(22)29(34)35/h10-11,15-19,21,26H,3-9,12-14H2,1-2H3,(H,30,31)/b27-23+/t17-,18-,19+,21+/m0/s1. The number of carboxylic acids is 1. The van der Waals surface area contributed by atoms with Gasteiger partial charge >= 0.3 is 11.7 Å². The lowest BCUT2D eigenvalue weighted by Gasteiger charge is -2.44. The summed E-state index contributed by atoms with van der Waals surface area (Å²) in [6.45, 7) is 4.49. The Labute approximate surface area is 205 Å². The number of unbranched alkanes of at least 4 members (excludes halogenated alkanes) is 1. The summed E-state index contributed by atoms with van der Waals surface area (Å²) in [5.74, 6) is 1.14. The van der Waals surface area contributed by atoms with Crippen LogP contribution in [0.15, 0.2) is 23.3 Å². The Morgan fingerprint density at radius 3 is 2.63 bits per heavy atom. The number of benzene rings is 1. The Kier molecular flexibility index (Phi) is 9.17. The maximum atomic E-state index is 11.6. The van der Waals surface area contributed by atoms with Crippen molar-refractivity contribution in [1.82, 2.24) is 0 Å². The zero-order valence-corrected chi connectivity index (χ0v) is 20.5. The number of nitrogens with zero attached hydrogens (tertiary/aromatic N) is 3. The zero-order valence-electron chi connectivity index (χ0n) is 20.5. The molecule has 2 aliphatic rings. The molecule has 3 rings (SSSR count). The number of hydrazone groups is 1. The first-order valence-corrected chi connectivity index (χ1v) is 12.6. The summed E-state index contributed by atoms with van der Waals surface area (Å²) in [6.07, 6.45) is 9.74. The molecule has 10 heteroatoms. The van der Waals surface area contributed by atoms with Crippen LogP contribution in [0.5, 0.6) is 0 Å². The highest BCUT2D eigenvalue weighted by Crippen LogP contribution is 2.47. The average Bonchev–Trinajstić information content (AvgIpc) is 2.79. The van der Waals surface area contributed by atoms with Crippen molar-refractivity contribution >= 4 is 28.7 Å². The molecule has 192 valence electrons. The maximum absolute atomic E-state index is 11.6. The van der Waals surface area contributed by atoms with Crippen LogP contribution in [0.4, 0.5) is 17.1 Å². The summed E-state index contributed by atoms with van der Waals surface area (Å²) < 4.78 is 0. The Bertz CT molecular complexity index is 963. The van der Waals surface area contributed by atoms with Gasteiger partial charge in [0.2, 0.25) is 0 Å². The number of fused-ring (bicyclic) bond motifs is 1.